The Morgan fingerprint density at radius 1 is 1.03 bits per heavy atom. The van der Waals surface area contributed by atoms with Crippen LogP contribution in [-0.2, 0) is 6.54 Å². The van der Waals surface area contributed by atoms with E-state index in [-0.39, 0.29) is 18.0 Å². The van der Waals surface area contributed by atoms with Crippen LogP contribution in [0.15, 0.2) is 78.1 Å². The number of benzene rings is 2. The minimum Gasteiger partial charge on any atom is -0.388 e. The highest BCUT2D eigenvalue weighted by atomic mass is 35.5. The fraction of sp³-hybridized carbons (Fsp3) is 0.222. The standard InChI is InChI=1S/C27H23ClN6O3/c28-22-8-11-29-23-14-18(6-7-20(22)23)25(35)32-12-9-27(37,10-13-32)16-33-17-30-24-21(26(33)36)15-31-34(24)19-4-2-1-3-5-19/h1-8,11,14-15,17,37H,9-10,12-13,16H2. The molecule has 0 atom stereocenters. The molecule has 1 N–H and O–H groups in total. The van der Waals surface area contributed by atoms with Crippen molar-refractivity contribution in [2.45, 2.75) is 25.0 Å². The van der Waals surface area contributed by atoms with Crippen LogP contribution >= 0.6 is 11.6 Å². The Balaban J connectivity index is 1.17. The Bertz CT molecular complexity index is 1690. The van der Waals surface area contributed by atoms with Gasteiger partial charge in [0, 0.05) is 30.2 Å². The number of para-hydroxylation sites is 1. The molecule has 1 aliphatic rings. The lowest BCUT2D eigenvalue weighted by Gasteiger charge is -2.38. The molecule has 0 radical (unpaired) electrons. The number of nitrogens with zero attached hydrogens (tertiary/aromatic N) is 6. The molecule has 5 aromatic rings. The number of halogens is 1. The third-order valence-electron chi connectivity index (χ3n) is 6.94. The van der Waals surface area contributed by atoms with E-state index in [2.05, 4.69) is 15.1 Å². The molecule has 1 aliphatic heterocycles. The van der Waals surface area contributed by atoms with Gasteiger partial charge in [-0.25, -0.2) is 9.67 Å². The summed E-state index contributed by atoms with van der Waals surface area (Å²) in [6.45, 7) is 0.825. The molecule has 1 fully saturated rings. The van der Waals surface area contributed by atoms with E-state index in [1.807, 2.05) is 30.3 Å². The molecule has 1 saturated heterocycles. The van der Waals surface area contributed by atoms with Crippen LogP contribution in [-0.4, -0.2) is 58.9 Å². The van der Waals surface area contributed by atoms with Crippen molar-refractivity contribution < 1.29 is 9.90 Å². The largest absolute Gasteiger partial charge is 0.388 e. The highest BCUT2D eigenvalue weighted by molar-refractivity contribution is 6.35. The molecular weight excluding hydrogens is 492 g/mol. The molecule has 3 aromatic heterocycles. The lowest BCUT2D eigenvalue weighted by Crippen LogP contribution is -2.49. The molecular formula is C27H23ClN6O3. The molecule has 4 heterocycles. The van der Waals surface area contributed by atoms with E-state index in [1.165, 1.54) is 17.1 Å². The first kappa shape index (κ1) is 23.3. The van der Waals surface area contributed by atoms with E-state index in [4.69, 9.17) is 11.6 Å². The zero-order chi connectivity index (χ0) is 25.6. The van der Waals surface area contributed by atoms with Crippen LogP contribution in [0.2, 0.25) is 5.02 Å². The fourth-order valence-corrected chi connectivity index (χ4v) is 5.07. The Labute approximate surface area is 216 Å². The third kappa shape index (κ3) is 4.26. The molecule has 1 amide bonds. The first-order valence-corrected chi connectivity index (χ1v) is 12.3. The van der Waals surface area contributed by atoms with Crippen LogP contribution in [0.3, 0.4) is 0 Å². The van der Waals surface area contributed by atoms with Gasteiger partial charge >= 0.3 is 0 Å². The second-order valence-corrected chi connectivity index (χ2v) is 9.76. The predicted molar refractivity (Wildman–Crippen MR) is 140 cm³/mol. The molecule has 2 aromatic carbocycles. The van der Waals surface area contributed by atoms with Gasteiger partial charge in [0.1, 0.15) is 11.7 Å². The topological polar surface area (TPSA) is 106 Å². The highest BCUT2D eigenvalue weighted by Crippen LogP contribution is 2.27. The summed E-state index contributed by atoms with van der Waals surface area (Å²) in [6.07, 6.45) is 5.24. The molecule has 186 valence electrons. The van der Waals surface area contributed by atoms with Crippen LogP contribution in [0.25, 0.3) is 27.6 Å². The summed E-state index contributed by atoms with van der Waals surface area (Å²) in [5, 5.41) is 17.4. The molecule has 0 spiro atoms. The number of piperidine rings is 1. The number of rotatable bonds is 4. The Kier molecular flexibility index (Phi) is 5.73. The second-order valence-electron chi connectivity index (χ2n) is 9.35. The average Bonchev–Trinajstić information content (AvgIpc) is 3.36. The Hall–Kier alpha value is -4.08. The monoisotopic (exact) mass is 514 g/mol. The number of carbonyl (C=O) groups excluding carboxylic acids is 1. The molecule has 37 heavy (non-hydrogen) atoms. The van der Waals surface area contributed by atoms with Crippen LogP contribution < -0.4 is 5.56 Å². The maximum atomic E-state index is 13.2. The van der Waals surface area contributed by atoms with Crippen LogP contribution in [0, 0.1) is 0 Å². The van der Waals surface area contributed by atoms with E-state index in [1.54, 1.807) is 40.0 Å². The molecule has 6 rings (SSSR count). The van der Waals surface area contributed by atoms with Crippen molar-refractivity contribution in [1.82, 2.24) is 29.2 Å². The third-order valence-corrected chi connectivity index (χ3v) is 7.27. The van der Waals surface area contributed by atoms with Gasteiger partial charge in [-0.3, -0.25) is 19.1 Å². The molecule has 10 heteroatoms. The van der Waals surface area contributed by atoms with Crippen LogP contribution in [0.5, 0.6) is 0 Å². The summed E-state index contributed by atoms with van der Waals surface area (Å²) in [4.78, 5) is 36.8. The van der Waals surface area contributed by atoms with Crippen molar-refractivity contribution in [2.75, 3.05) is 13.1 Å². The molecule has 0 aliphatic carbocycles. The van der Waals surface area contributed by atoms with Crippen LogP contribution in [0.4, 0.5) is 0 Å². The zero-order valence-electron chi connectivity index (χ0n) is 19.8. The van der Waals surface area contributed by atoms with Crippen molar-refractivity contribution >= 4 is 39.4 Å². The number of carbonyl (C=O) groups is 1. The first-order chi connectivity index (χ1) is 17.9. The van der Waals surface area contributed by atoms with Gasteiger partial charge in [0.25, 0.3) is 11.5 Å². The van der Waals surface area contributed by atoms with Gasteiger partial charge in [0.05, 0.1) is 34.6 Å². The number of pyridine rings is 1. The van der Waals surface area contributed by atoms with Gasteiger partial charge in [-0.15, -0.1) is 0 Å². The minimum absolute atomic E-state index is 0.0890. The van der Waals surface area contributed by atoms with E-state index in [9.17, 15) is 14.7 Å². The molecule has 0 unspecified atom stereocenters. The maximum Gasteiger partial charge on any atom is 0.264 e. The van der Waals surface area contributed by atoms with E-state index >= 15 is 0 Å². The Morgan fingerprint density at radius 2 is 1.81 bits per heavy atom. The van der Waals surface area contributed by atoms with Crippen molar-refractivity contribution in [3.8, 4) is 5.69 Å². The number of amides is 1. The summed E-state index contributed by atoms with van der Waals surface area (Å²) in [7, 11) is 0. The maximum absolute atomic E-state index is 13.2. The first-order valence-electron chi connectivity index (χ1n) is 12.0. The van der Waals surface area contributed by atoms with Gasteiger partial charge in [-0.2, -0.15) is 5.10 Å². The van der Waals surface area contributed by atoms with Gasteiger partial charge in [-0.05, 0) is 43.2 Å². The van der Waals surface area contributed by atoms with Gasteiger partial charge in [0.2, 0.25) is 0 Å². The van der Waals surface area contributed by atoms with Gasteiger partial charge < -0.3 is 10.0 Å². The van der Waals surface area contributed by atoms with Crippen molar-refractivity contribution in [3.63, 3.8) is 0 Å². The molecule has 0 bridgehead atoms. The van der Waals surface area contributed by atoms with E-state index in [0.717, 1.165) is 11.1 Å². The summed E-state index contributed by atoms with van der Waals surface area (Å²) in [6, 6.07) is 16.5. The van der Waals surface area contributed by atoms with Crippen molar-refractivity contribution in [1.29, 1.82) is 0 Å². The number of aromatic nitrogens is 5. The summed E-state index contributed by atoms with van der Waals surface area (Å²) >= 11 is 6.21. The SMILES string of the molecule is O=C(c1ccc2c(Cl)ccnc2c1)N1CCC(O)(Cn2cnc3c(cnn3-c3ccccc3)c2=O)CC1. The zero-order valence-corrected chi connectivity index (χ0v) is 20.5. The number of hydrogen-bond donors (Lipinski definition) is 1. The van der Waals surface area contributed by atoms with Crippen molar-refractivity contribution in [2.24, 2.45) is 0 Å². The van der Waals surface area contributed by atoms with Crippen LogP contribution in [0.1, 0.15) is 23.2 Å². The van der Waals surface area contributed by atoms with E-state index < -0.39 is 5.60 Å². The Morgan fingerprint density at radius 3 is 2.59 bits per heavy atom. The normalized spacial score (nSPS) is 15.4. The summed E-state index contributed by atoms with van der Waals surface area (Å²) in [5.74, 6) is -0.126. The number of likely N-dealkylation sites (tertiary alicyclic amines) is 1. The molecule has 9 nitrogen and oxygen atoms in total. The fourth-order valence-electron chi connectivity index (χ4n) is 4.85. The summed E-state index contributed by atoms with van der Waals surface area (Å²) in [5.41, 5.74) is 1.05. The smallest absolute Gasteiger partial charge is 0.264 e. The number of aliphatic hydroxyl groups is 1. The molecule has 0 saturated carbocycles. The lowest BCUT2D eigenvalue weighted by molar-refractivity contribution is -0.0299. The lowest BCUT2D eigenvalue weighted by atomic mass is 9.91. The highest BCUT2D eigenvalue weighted by Gasteiger charge is 2.35. The second kappa shape index (κ2) is 9.10. The quantitative estimate of drug-likeness (QED) is 0.394. The minimum atomic E-state index is -1.14. The van der Waals surface area contributed by atoms with Gasteiger partial charge in [0.15, 0.2) is 5.65 Å². The number of hydrogen-bond acceptors (Lipinski definition) is 6. The number of fused-ring (bicyclic) bond motifs is 2. The summed E-state index contributed by atoms with van der Waals surface area (Å²) < 4.78 is 3.05. The van der Waals surface area contributed by atoms with E-state index in [0.29, 0.717) is 53.1 Å². The van der Waals surface area contributed by atoms with Gasteiger partial charge in [-0.1, -0.05) is 35.9 Å². The predicted octanol–water partition coefficient (Wildman–Crippen LogP) is 3.45. The van der Waals surface area contributed by atoms with Crippen molar-refractivity contribution in [3.05, 3.63) is 94.3 Å². The average molecular weight is 515 g/mol.